The third-order valence-electron chi connectivity index (χ3n) is 6.12. The van der Waals surface area contributed by atoms with Crippen LogP contribution < -0.4 is 27.0 Å². The van der Waals surface area contributed by atoms with E-state index in [1.807, 2.05) is 11.9 Å². The second kappa shape index (κ2) is 16.3. The minimum atomic E-state index is -1.23. The van der Waals surface area contributed by atoms with Crippen LogP contribution in [0.3, 0.4) is 0 Å². The van der Waals surface area contributed by atoms with E-state index in [4.69, 9.17) is 27.4 Å². The molecule has 15 heteroatoms. The van der Waals surface area contributed by atoms with Crippen molar-refractivity contribution < 1.29 is 29.6 Å². The van der Waals surface area contributed by atoms with E-state index in [9.17, 15) is 20.1 Å². The molecule has 3 atom stereocenters. The number of nitrogens with one attached hydrogen (secondary N) is 2. The van der Waals surface area contributed by atoms with Crippen molar-refractivity contribution in [3.8, 4) is 12.3 Å². The predicted octanol–water partition coefficient (Wildman–Crippen LogP) is -0.391. The molecule has 3 aromatic rings. The van der Waals surface area contributed by atoms with Crippen LogP contribution in [0.25, 0.3) is 11.2 Å². The lowest BCUT2D eigenvalue weighted by molar-refractivity contribution is -0.141. The maximum absolute atomic E-state index is 11.8. The van der Waals surface area contributed by atoms with Gasteiger partial charge in [0.2, 0.25) is 5.95 Å². The Labute approximate surface area is 243 Å². The smallest absolute Gasteiger partial charge is 0.320 e. The number of carboxylic acids is 1. The predicted molar refractivity (Wildman–Crippen MR) is 156 cm³/mol. The number of aromatic nitrogens is 4. The number of terminal acetylenes is 1. The first-order valence-electron chi connectivity index (χ1n) is 13.2. The first kappa shape index (κ1) is 32.3. The zero-order valence-electron chi connectivity index (χ0n) is 23.3. The van der Waals surface area contributed by atoms with E-state index in [1.165, 1.54) is 0 Å². The number of carboxylic acid groups (broad SMARTS) is 1. The summed E-state index contributed by atoms with van der Waals surface area (Å²) in [5, 5.41) is 36.0. The highest BCUT2D eigenvalue weighted by Gasteiger charge is 2.22. The zero-order valence-corrected chi connectivity index (χ0v) is 23.3. The lowest BCUT2D eigenvalue weighted by Gasteiger charge is -2.22. The molecule has 0 bridgehead atoms. The minimum absolute atomic E-state index is 0.0251. The molecule has 2 unspecified atom stereocenters. The molecule has 9 N–H and O–H groups in total. The van der Waals surface area contributed by atoms with Crippen molar-refractivity contribution in [2.45, 2.75) is 37.9 Å². The molecule has 0 amide bonds. The van der Waals surface area contributed by atoms with Gasteiger partial charge in [0.25, 0.3) is 0 Å². The molecule has 0 aliphatic heterocycles. The van der Waals surface area contributed by atoms with Gasteiger partial charge in [-0.25, -0.2) is 9.97 Å². The van der Waals surface area contributed by atoms with Gasteiger partial charge in [-0.15, -0.1) is 6.42 Å². The molecular formula is C27H37N9O6. The van der Waals surface area contributed by atoms with Gasteiger partial charge in [0, 0.05) is 19.3 Å². The Morgan fingerprint density at radius 1 is 1.10 bits per heavy atom. The Kier molecular flexibility index (Phi) is 12.6. The molecule has 0 saturated heterocycles. The Morgan fingerprint density at radius 3 is 2.55 bits per heavy atom. The van der Waals surface area contributed by atoms with Gasteiger partial charge in [0.05, 0.1) is 38.3 Å². The number of nitrogen functional groups attached to an aromatic ring is 2. The number of nitrogens with two attached hydrogens (primary N) is 2. The van der Waals surface area contributed by atoms with E-state index in [2.05, 4.69) is 36.5 Å². The van der Waals surface area contributed by atoms with Crippen LogP contribution in [0, 0.1) is 12.3 Å². The Hall–Kier alpha value is -4.17. The molecule has 2 heterocycles. The zero-order chi connectivity index (χ0) is 30.5. The van der Waals surface area contributed by atoms with Crippen molar-refractivity contribution in [2.75, 3.05) is 56.4 Å². The van der Waals surface area contributed by atoms with Crippen LogP contribution in [0.2, 0.25) is 0 Å². The highest BCUT2D eigenvalue weighted by molar-refractivity contribution is 5.81. The highest BCUT2D eigenvalue weighted by atomic mass is 16.5. The topological polar surface area (TPSA) is 227 Å². The normalized spacial score (nSPS) is 13.4. The van der Waals surface area contributed by atoms with Crippen LogP contribution in [0.1, 0.15) is 30.3 Å². The number of benzene rings is 1. The van der Waals surface area contributed by atoms with E-state index in [1.54, 1.807) is 30.5 Å². The quantitative estimate of drug-likeness (QED) is 0.0575. The van der Waals surface area contributed by atoms with Crippen LogP contribution in [0.4, 0.5) is 17.5 Å². The first-order valence-corrected chi connectivity index (χ1v) is 13.2. The monoisotopic (exact) mass is 583 g/mol. The number of hydrogen-bond acceptors (Lipinski definition) is 14. The molecule has 3 rings (SSSR count). The van der Waals surface area contributed by atoms with Crippen molar-refractivity contribution >= 4 is 34.6 Å². The van der Waals surface area contributed by atoms with Gasteiger partial charge < -0.3 is 41.2 Å². The van der Waals surface area contributed by atoms with Crippen molar-refractivity contribution in [3.63, 3.8) is 0 Å². The molecule has 42 heavy (non-hydrogen) atoms. The highest BCUT2D eigenvalue weighted by Crippen LogP contribution is 2.21. The van der Waals surface area contributed by atoms with E-state index < -0.39 is 24.5 Å². The lowest BCUT2D eigenvalue weighted by Crippen LogP contribution is -2.41. The number of fused-ring (bicyclic) bond motifs is 1. The third kappa shape index (κ3) is 10.0. The molecule has 0 radical (unpaired) electrons. The number of nitrogens with zero attached hydrogens (tertiary/aromatic N) is 5. The number of aliphatic hydroxyl groups is 2. The fourth-order valence-corrected chi connectivity index (χ4v) is 3.94. The molecule has 0 fully saturated rings. The summed E-state index contributed by atoms with van der Waals surface area (Å²) in [6.45, 7) is 2.09. The van der Waals surface area contributed by atoms with Gasteiger partial charge in [-0.1, -0.05) is 18.1 Å². The molecule has 0 saturated carbocycles. The lowest BCUT2D eigenvalue weighted by atomic mass is 10.1. The van der Waals surface area contributed by atoms with Crippen molar-refractivity contribution in [1.82, 2.24) is 30.6 Å². The fraction of sp³-hybridized carbons (Fsp3) is 0.444. The number of ether oxygens (including phenoxy) is 2. The summed E-state index contributed by atoms with van der Waals surface area (Å²) in [6, 6.07) is 5.88. The second-order valence-electron chi connectivity index (χ2n) is 9.32. The van der Waals surface area contributed by atoms with Crippen LogP contribution in [-0.4, -0.2) is 93.5 Å². The average Bonchev–Trinajstić information content (AvgIpc) is 2.96. The molecule has 226 valence electrons. The van der Waals surface area contributed by atoms with Gasteiger partial charge in [0.1, 0.15) is 25.1 Å². The maximum Gasteiger partial charge on any atom is 0.320 e. The standard InChI is InChI=1S/C27H37N9O6/c1-3-11-41-13-14-42-12-10-30-21(37)9-8-20(26(39)40)33-25(38)17-4-6-19(7-5-17)36(2)16-18-15-31-24-22(32-18)23(28)34-27(29)35-24/h1,4-7,15,20-21,25,30,33,37-38H,8-14,16H2,2H3,(H,39,40)(H4,28,29,31,34,35)/t20-,21?,25?/m0/s1. The summed E-state index contributed by atoms with van der Waals surface area (Å²) in [5.74, 6) is 1.39. The third-order valence-corrected chi connectivity index (χ3v) is 6.12. The van der Waals surface area contributed by atoms with Crippen LogP contribution in [0.15, 0.2) is 30.5 Å². The van der Waals surface area contributed by atoms with E-state index in [-0.39, 0.29) is 31.2 Å². The first-order chi connectivity index (χ1) is 20.2. The van der Waals surface area contributed by atoms with E-state index in [0.29, 0.717) is 55.3 Å². The van der Waals surface area contributed by atoms with Crippen molar-refractivity contribution in [1.29, 1.82) is 0 Å². The average molecular weight is 584 g/mol. The number of carbonyl (C=O) groups is 1. The maximum atomic E-state index is 11.8. The molecular weight excluding hydrogens is 546 g/mol. The fourth-order valence-electron chi connectivity index (χ4n) is 3.94. The van der Waals surface area contributed by atoms with Crippen molar-refractivity contribution in [2.24, 2.45) is 0 Å². The molecule has 1 aromatic carbocycles. The van der Waals surface area contributed by atoms with Gasteiger partial charge in [0.15, 0.2) is 17.0 Å². The number of aliphatic hydroxyl groups excluding tert-OH is 2. The molecule has 15 nitrogen and oxygen atoms in total. The van der Waals surface area contributed by atoms with Gasteiger partial charge in [-0.3, -0.25) is 15.4 Å². The number of rotatable bonds is 18. The van der Waals surface area contributed by atoms with Crippen LogP contribution in [0.5, 0.6) is 0 Å². The number of hydrogen-bond donors (Lipinski definition) is 7. The van der Waals surface area contributed by atoms with E-state index in [0.717, 1.165) is 5.69 Å². The summed E-state index contributed by atoms with van der Waals surface area (Å²) in [7, 11) is 1.86. The SMILES string of the molecule is C#CCOCCOCCNC(O)CC[C@H](NC(O)c1ccc(N(C)Cc2cnc3nc(N)nc(N)c3n2)cc1)C(=O)O. The Balaban J connectivity index is 1.46. The summed E-state index contributed by atoms with van der Waals surface area (Å²) in [6.07, 6.45) is 4.72. The second-order valence-corrected chi connectivity index (χ2v) is 9.32. The van der Waals surface area contributed by atoms with E-state index >= 15 is 0 Å². The summed E-state index contributed by atoms with van der Waals surface area (Å²) in [4.78, 5) is 30.4. The van der Waals surface area contributed by atoms with Gasteiger partial charge >= 0.3 is 5.97 Å². The molecule has 0 spiro atoms. The molecule has 2 aromatic heterocycles. The number of anilines is 3. The summed E-state index contributed by atoms with van der Waals surface area (Å²) < 4.78 is 10.4. The molecule has 0 aliphatic carbocycles. The largest absolute Gasteiger partial charge is 0.480 e. The number of aliphatic carboxylic acids is 1. The minimum Gasteiger partial charge on any atom is -0.480 e. The van der Waals surface area contributed by atoms with Crippen molar-refractivity contribution in [3.05, 3.63) is 41.7 Å². The van der Waals surface area contributed by atoms with Gasteiger partial charge in [-0.05, 0) is 30.5 Å². The Bertz CT molecular complexity index is 1340. The van der Waals surface area contributed by atoms with Gasteiger partial charge in [-0.2, -0.15) is 9.97 Å². The summed E-state index contributed by atoms with van der Waals surface area (Å²) >= 11 is 0. The molecule has 0 aliphatic rings. The summed E-state index contributed by atoms with van der Waals surface area (Å²) in [5.41, 5.74) is 14.1. The van der Waals surface area contributed by atoms with Crippen LogP contribution in [-0.2, 0) is 20.8 Å². The Morgan fingerprint density at radius 2 is 1.83 bits per heavy atom. The van der Waals surface area contributed by atoms with Crippen LogP contribution >= 0.6 is 0 Å².